The van der Waals surface area contributed by atoms with E-state index < -0.39 is 0 Å². The Balaban J connectivity index is 2.54. The average molecular weight is 335 g/mol. The van der Waals surface area contributed by atoms with Gasteiger partial charge in [0.15, 0.2) is 5.78 Å². The van der Waals surface area contributed by atoms with E-state index in [0.717, 1.165) is 22.3 Å². The summed E-state index contributed by atoms with van der Waals surface area (Å²) in [5.74, 6) is 1.20. The van der Waals surface area contributed by atoms with Crippen LogP contribution in [0, 0.1) is 0 Å². The van der Waals surface area contributed by atoms with Crippen molar-refractivity contribution >= 4 is 11.9 Å². The molecular weight excluding hydrogens is 304 g/mol. The molecule has 0 atom stereocenters. The fraction of sp³-hybridized carbons (Fsp3) is 0.375. The van der Waals surface area contributed by atoms with E-state index >= 15 is 0 Å². The van der Waals surface area contributed by atoms with Crippen molar-refractivity contribution in [3.8, 4) is 0 Å². The van der Waals surface area contributed by atoms with Gasteiger partial charge in [-0.05, 0) is 46.1 Å². The van der Waals surface area contributed by atoms with Crippen molar-refractivity contribution in [2.24, 2.45) is 0 Å². The number of benzene rings is 2. The molecule has 1 heteroatoms. The van der Waals surface area contributed by atoms with Crippen LogP contribution in [-0.2, 0) is 0 Å². The summed E-state index contributed by atoms with van der Waals surface area (Å²) in [5.41, 5.74) is 5.58. The lowest BCUT2D eigenvalue weighted by molar-refractivity contribution is 0.104. The van der Waals surface area contributed by atoms with Crippen LogP contribution in [-0.4, -0.2) is 5.78 Å². The van der Waals surface area contributed by atoms with Gasteiger partial charge in [-0.15, -0.1) is 0 Å². The Morgan fingerprint density at radius 1 is 0.800 bits per heavy atom. The van der Waals surface area contributed by atoms with Gasteiger partial charge < -0.3 is 0 Å². The predicted octanol–water partition coefficient (Wildman–Crippen LogP) is 6.95. The quantitative estimate of drug-likeness (QED) is 0.412. The van der Waals surface area contributed by atoms with Gasteiger partial charge in [0.25, 0.3) is 0 Å². The van der Waals surface area contributed by atoms with E-state index in [-0.39, 0.29) is 5.78 Å². The van der Waals surface area contributed by atoms with Gasteiger partial charge in [-0.2, -0.15) is 0 Å². The summed E-state index contributed by atoms with van der Waals surface area (Å²) in [5, 5.41) is 0. The summed E-state index contributed by atoms with van der Waals surface area (Å²) in [7, 11) is 0. The minimum Gasteiger partial charge on any atom is -0.289 e. The van der Waals surface area contributed by atoms with Crippen LogP contribution in [0.25, 0.3) is 6.08 Å². The Hall–Kier alpha value is -2.15. The zero-order valence-electron chi connectivity index (χ0n) is 16.3. The molecule has 0 saturated heterocycles. The van der Waals surface area contributed by atoms with Crippen molar-refractivity contribution in [3.05, 3.63) is 76.4 Å². The van der Waals surface area contributed by atoms with E-state index in [1.807, 2.05) is 36.4 Å². The zero-order chi connectivity index (χ0) is 18.6. The van der Waals surface area contributed by atoms with Gasteiger partial charge in [-0.1, -0.05) is 90.1 Å². The lowest BCUT2D eigenvalue weighted by Gasteiger charge is -2.21. The number of rotatable bonds is 6. The Bertz CT molecular complexity index is 720. The molecule has 2 rings (SSSR count). The van der Waals surface area contributed by atoms with E-state index in [1.54, 1.807) is 6.08 Å². The van der Waals surface area contributed by atoms with Crippen LogP contribution in [0.1, 0.15) is 91.9 Å². The topological polar surface area (TPSA) is 17.1 Å². The molecule has 0 aromatic heterocycles. The van der Waals surface area contributed by atoms with Crippen LogP contribution in [0.4, 0.5) is 0 Å². The van der Waals surface area contributed by atoms with E-state index in [0.29, 0.717) is 17.8 Å². The van der Waals surface area contributed by atoms with E-state index in [4.69, 9.17) is 0 Å². The minimum absolute atomic E-state index is 0.103. The Kier molecular flexibility index (Phi) is 6.36. The summed E-state index contributed by atoms with van der Waals surface area (Å²) >= 11 is 0. The van der Waals surface area contributed by atoms with Crippen LogP contribution < -0.4 is 0 Å². The molecule has 25 heavy (non-hydrogen) atoms. The molecule has 2 aromatic carbocycles. The fourth-order valence-electron chi connectivity index (χ4n) is 3.06. The van der Waals surface area contributed by atoms with Gasteiger partial charge in [0.2, 0.25) is 0 Å². The Labute approximate surface area is 152 Å². The Morgan fingerprint density at radius 3 is 1.76 bits per heavy atom. The highest BCUT2D eigenvalue weighted by molar-refractivity contribution is 6.09. The second-order valence-corrected chi connectivity index (χ2v) is 7.65. The van der Waals surface area contributed by atoms with E-state index in [9.17, 15) is 4.79 Å². The fourth-order valence-corrected chi connectivity index (χ4v) is 3.06. The normalized spacial score (nSPS) is 11.9. The first-order valence-electron chi connectivity index (χ1n) is 9.26. The first kappa shape index (κ1) is 19.2. The molecule has 0 amide bonds. The van der Waals surface area contributed by atoms with E-state index in [2.05, 4.69) is 53.7 Å². The number of carbonyl (C=O) groups is 1. The van der Waals surface area contributed by atoms with Crippen LogP contribution in [0.5, 0.6) is 0 Å². The summed E-state index contributed by atoms with van der Waals surface area (Å²) in [4.78, 5) is 13.1. The molecule has 0 radical (unpaired) electrons. The molecule has 0 bridgehead atoms. The number of hydrogen-bond donors (Lipinski definition) is 0. The average Bonchev–Trinajstić information content (AvgIpc) is 2.59. The summed E-state index contributed by atoms with van der Waals surface area (Å²) < 4.78 is 0. The third-order valence-corrected chi connectivity index (χ3v) is 4.61. The third-order valence-electron chi connectivity index (χ3n) is 4.61. The molecule has 2 aromatic rings. The smallest absolute Gasteiger partial charge is 0.186 e. The molecule has 0 aliphatic heterocycles. The lowest BCUT2D eigenvalue weighted by Crippen LogP contribution is -2.10. The highest BCUT2D eigenvalue weighted by atomic mass is 16.1. The maximum absolute atomic E-state index is 13.1. The second-order valence-electron chi connectivity index (χ2n) is 7.65. The third kappa shape index (κ3) is 4.69. The number of ketones is 1. The molecular formula is C24H30O. The van der Waals surface area contributed by atoms with Crippen LogP contribution >= 0.6 is 0 Å². The molecule has 0 spiro atoms. The number of hydrogen-bond acceptors (Lipinski definition) is 1. The molecule has 132 valence electrons. The number of carbonyl (C=O) groups excluding carboxylic acids is 1. The van der Waals surface area contributed by atoms with Gasteiger partial charge in [-0.3, -0.25) is 4.79 Å². The van der Waals surface area contributed by atoms with Crippen molar-refractivity contribution in [1.82, 2.24) is 0 Å². The van der Waals surface area contributed by atoms with Crippen molar-refractivity contribution in [1.29, 1.82) is 0 Å². The maximum Gasteiger partial charge on any atom is 0.186 e. The van der Waals surface area contributed by atoms with Gasteiger partial charge in [-0.25, -0.2) is 0 Å². The van der Waals surface area contributed by atoms with Gasteiger partial charge in [0.1, 0.15) is 0 Å². The Morgan fingerprint density at radius 2 is 1.32 bits per heavy atom. The van der Waals surface area contributed by atoms with Crippen LogP contribution in [0.2, 0.25) is 0 Å². The maximum atomic E-state index is 13.1. The molecule has 0 N–H and O–H groups in total. The van der Waals surface area contributed by atoms with Crippen molar-refractivity contribution in [2.45, 2.75) is 59.3 Å². The van der Waals surface area contributed by atoms with Crippen molar-refractivity contribution < 1.29 is 4.79 Å². The van der Waals surface area contributed by atoms with Crippen molar-refractivity contribution in [3.63, 3.8) is 0 Å². The monoisotopic (exact) mass is 334 g/mol. The lowest BCUT2D eigenvalue weighted by atomic mass is 9.83. The molecule has 1 nitrogen and oxygen atoms in total. The van der Waals surface area contributed by atoms with E-state index in [1.165, 1.54) is 5.56 Å². The van der Waals surface area contributed by atoms with Gasteiger partial charge >= 0.3 is 0 Å². The molecule has 0 aliphatic carbocycles. The largest absolute Gasteiger partial charge is 0.289 e. The highest BCUT2D eigenvalue weighted by Crippen LogP contribution is 2.32. The van der Waals surface area contributed by atoms with Gasteiger partial charge in [0.05, 0.1) is 0 Å². The molecule has 0 fully saturated rings. The predicted molar refractivity (Wildman–Crippen MR) is 109 cm³/mol. The summed E-state index contributed by atoms with van der Waals surface area (Å²) in [6.45, 7) is 13.1. The molecule has 0 saturated carbocycles. The summed E-state index contributed by atoms with van der Waals surface area (Å²) in [6, 6.07) is 14.4. The number of allylic oxidation sites excluding steroid dienone is 1. The van der Waals surface area contributed by atoms with Crippen LogP contribution in [0.15, 0.2) is 48.5 Å². The molecule has 0 heterocycles. The standard InChI is InChI=1S/C24H30O/c1-16(2)20-14-21(17(3)4)24(22(15-20)18(5)6)23(25)13-12-19-10-8-7-9-11-19/h7-18H,1-6H3/b13-12+. The molecule has 0 unspecified atom stereocenters. The van der Waals surface area contributed by atoms with Crippen LogP contribution in [0.3, 0.4) is 0 Å². The highest BCUT2D eigenvalue weighted by Gasteiger charge is 2.20. The van der Waals surface area contributed by atoms with Crippen molar-refractivity contribution in [2.75, 3.05) is 0 Å². The summed E-state index contributed by atoms with van der Waals surface area (Å²) in [6.07, 6.45) is 3.63. The SMILES string of the molecule is CC(C)c1cc(C(C)C)c(C(=O)/C=C/c2ccccc2)c(C(C)C)c1. The minimum atomic E-state index is 0.103. The second kappa shape index (κ2) is 8.29. The first-order valence-corrected chi connectivity index (χ1v) is 9.26. The zero-order valence-corrected chi connectivity index (χ0v) is 16.3. The van der Waals surface area contributed by atoms with Gasteiger partial charge in [0, 0.05) is 5.56 Å². The molecule has 0 aliphatic rings. The first-order chi connectivity index (χ1) is 11.8.